The first kappa shape index (κ1) is 19.0. The first-order valence-electron chi connectivity index (χ1n) is 7.27. The third-order valence-corrected chi connectivity index (χ3v) is 5.38. The summed E-state index contributed by atoms with van der Waals surface area (Å²) in [7, 11) is -2.62. The van der Waals surface area contributed by atoms with Crippen molar-refractivity contribution >= 4 is 31.2 Å². The summed E-state index contributed by atoms with van der Waals surface area (Å²) in [5, 5.41) is 0. The van der Waals surface area contributed by atoms with Crippen LogP contribution in [-0.2, 0) is 3.42 Å². The normalized spacial score (nSPS) is 10.9. The Labute approximate surface area is 156 Å². The number of rotatable bonds is 3. The molecular weight excluding hydrogens is 434 g/mol. The summed E-state index contributed by atoms with van der Waals surface area (Å²) in [6.45, 7) is 0. The van der Waals surface area contributed by atoms with Gasteiger partial charge in [0.1, 0.15) is 0 Å². The number of alkyl halides is 1. The smallest absolute Gasteiger partial charge is 0.324 e. The lowest BCUT2D eigenvalue weighted by Crippen LogP contribution is -2.21. The van der Waals surface area contributed by atoms with Crippen molar-refractivity contribution in [3.8, 4) is 0 Å². The Kier molecular flexibility index (Phi) is 7.34. The summed E-state index contributed by atoms with van der Waals surface area (Å²) in [6.07, 6.45) is 0. The third-order valence-electron chi connectivity index (χ3n) is 3.51. The van der Waals surface area contributed by atoms with Gasteiger partial charge in [0.15, 0.2) is 0 Å². The fourth-order valence-corrected chi connectivity index (χ4v) is 3.58. The molecule has 3 rings (SSSR count). The zero-order valence-electron chi connectivity index (χ0n) is 12.8. The number of halogens is 1. The lowest BCUT2D eigenvalue weighted by atomic mass is 9.85. The lowest BCUT2D eigenvalue weighted by Gasteiger charge is -2.29. The first-order chi connectivity index (χ1) is 11.5. The van der Waals surface area contributed by atoms with Crippen molar-refractivity contribution in [2.75, 3.05) is 0 Å². The van der Waals surface area contributed by atoms with Crippen LogP contribution in [0, 0.1) is 0 Å². The van der Waals surface area contributed by atoms with Gasteiger partial charge in [-0.15, -0.1) is 0 Å². The molecule has 124 valence electrons. The molecule has 0 amide bonds. The van der Waals surface area contributed by atoms with E-state index in [1.54, 1.807) is 0 Å². The monoisotopic (exact) mass is 452 g/mol. The van der Waals surface area contributed by atoms with Crippen molar-refractivity contribution in [2.45, 2.75) is 3.42 Å². The minimum atomic E-state index is -2.62. The van der Waals surface area contributed by atoms with Crippen molar-refractivity contribution in [3.05, 3.63) is 108 Å². The molecule has 0 aliphatic rings. The molecule has 0 aromatic heterocycles. The first-order valence-corrected chi connectivity index (χ1v) is 9.55. The van der Waals surface area contributed by atoms with Crippen LogP contribution in [-0.4, -0.2) is 14.7 Å². The molecule has 0 fully saturated rings. The van der Waals surface area contributed by atoms with E-state index in [9.17, 15) is 0 Å². The van der Waals surface area contributed by atoms with Gasteiger partial charge in [-0.2, -0.15) is 0 Å². The van der Waals surface area contributed by atoms with Crippen LogP contribution in [0.5, 0.6) is 0 Å². The second-order valence-corrected chi connectivity index (χ2v) is 7.18. The van der Waals surface area contributed by atoms with Crippen LogP contribution in [0.25, 0.3) is 0 Å². The van der Waals surface area contributed by atoms with E-state index in [0.29, 0.717) is 0 Å². The summed E-state index contributed by atoms with van der Waals surface area (Å²) in [5.41, 5.74) is 3.91. The average Bonchev–Trinajstić information content (AvgIpc) is 2.63. The van der Waals surface area contributed by atoms with E-state index in [1.807, 2.05) is 0 Å². The molecule has 3 aromatic carbocycles. The molecule has 0 aliphatic carbocycles. The van der Waals surface area contributed by atoms with Gasteiger partial charge >= 0.3 is 8.60 Å². The summed E-state index contributed by atoms with van der Waals surface area (Å²) < 4.78 is -0.151. The van der Waals surface area contributed by atoms with E-state index < -0.39 is 8.60 Å². The maximum absolute atomic E-state index is 7.23. The predicted octanol–water partition coefficient (Wildman–Crippen LogP) is 4.60. The molecule has 3 N–H and O–H groups in total. The highest BCUT2D eigenvalue weighted by molar-refractivity contribution is 14.1. The molecule has 0 aliphatic heterocycles. The van der Waals surface area contributed by atoms with Gasteiger partial charge in [0.05, 0.1) is 3.42 Å². The van der Waals surface area contributed by atoms with Crippen molar-refractivity contribution < 1.29 is 14.7 Å². The van der Waals surface area contributed by atoms with Crippen LogP contribution < -0.4 is 0 Å². The van der Waals surface area contributed by atoms with Gasteiger partial charge in [-0.25, -0.2) is 0 Å². The van der Waals surface area contributed by atoms with Crippen LogP contribution in [0.1, 0.15) is 16.7 Å². The van der Waals surface area contributed by atoms with Crippen LogP contribution in [0.15, 0.2) is 91.0 Å². The quantitative estimate of drug-likeness (QED) is 0.236. The van der Waals surface area contributed by atoms with E-state index in [0.717, 1.165) is 0 Å². The summed E-state index contributed by atoms with van der Waals surface area (Å²) >= 11 is 2.57. The fraction of sp³-hybridized carbons (Fsp3) is 0.0526. The summed E-state index contributed by atoms with van der Waals surface area (Å²) in [5.74, 6) is 0. The highest BCUT2D eigenvalue weighted by Gasteiger charge is 2.32. The number of hydrogen-bond acceptors (Lipinski definition) is 3. The van der Waals surface area contributed by atoms with Crippen molar-refractivity contribution in [1.82, 2.24) is 0 Å². The second-order valence-electron chi connectivity index (χ2n) is 5.02. The predicted molar refractivity (Wildman–Crippen MR) is 107 cm³/mol. The summed E-state index contributed by atoms with van der Waals surface area (Å²) in [6, 6.07) is 32.0. The zero-order valence-corrected chi connectivity index (χ0v) is 15.9. The lowest BCUT2D eigenvalue weighted by molar-refractivity contribution is 0.368. The molecule has 3 nitrogen and oxygen atoms in total. The van der Waals surface area contributed by atoms with Gasteiger partial charge in [-0.3, -0.25) is 0 Å². The molecule has 0 saturated carbocycles. The minimum absolute atomic E-state index is 0.151. The largest absolute Gasteiger partial charge is 0.328 e. The topological polar surface area (TPSA) is 60.7 Å². The summed E-state index contributed by atoms with van der Waals surface area (Å²) in [4.78, 5) is 21.7. The van der Waals surface area contributed by atoms with Gasteiger partial charge in [-0.1, -0.05) is 114 Å². The number of benzene rings is 3. The van der Waals surface area contributed by atoms with Gasteiger partial charge in [-0.05, 0) is 16.7 Å². The molecular formula is C19H18IO3P. The molecule has 24 heavy (non-hydrogen) atoms. The van der Waals surface area contributed by atoms with E-state index in [1.165, 1.54) is 16.7 Å². The second kappa shape index (κ2) is 9.25. The third kappa shape index (κ3) is 4.85. The fourth-order valence-electron chi connectivity index (χ4n) is 2.50. The number of hydrogen-bond donors (Lipinski definition) is 3. The Bertz CT molecular complexity index is 622. The Balaban J connectivity index is 0.000000471. The van der Waals surface area contributed by atoms with E-state index in [4.69, 9.17) is 14.7 Å². The van der Waals surface area contributed by atoms with Gasteiger partial charge < -0.3 is 14.7 Å². The molecule has 0 saturated heterocycles. The van der Waals surface area contributed by atoms with Crippen LogP contribution in [0.2, 0.25) is 0 Å². The van der Waals surface area contributed by atoms with E-state index in [2.05, 4.69) is 114 Å². The molecule has 0 spiro atoms. The molecule has 5 heteroatoms. The Morgan fingerprint density at radius 3 is 0.958 bits per heavy atom. The zero-order chi connectivity index (χ0) is 17.4. The van der Waals surface area contributed by atoms with Crippen molar-refractivity contribution in [1.29, 1.82) is 0 Å². The highest BCUT2D eigenvalue weighted by Crippen LogP contribution is 2.44. The molecule has 0 bridgehead atoms. The molecule has 0 unspecified atom stereocenters. The average molecular weight is 452 g/mol. The Hall–Kier alpha value is -1.30. The van der Waals surface area contributed by atoms with Gasteiger partial charge in [0.25, 0.3) is 0 Å². The van der Waals surface area contributed by atoms with Crippen LogP contribution in [0.3, 0.4) is 0 Å². The molecule has 0 radical (unpaired) electrons. The standard InChI is InChI=1S/C19H15I.H3O3P/c20-19(16-10-4-1-5-11-16,17-12-6-2-7-13-17)18-14-8-3-9-15-18;1-4(2)3/h1-15H;1-3H. The molecule has 0 heterocycles. The van der Waals surface area contributed by atoms with Gasteiger partial charge in [0, 0.05) is 0 Å². The maximum atomic E-state index is 7.23. The van der Waals surface area contributed by atoms with E-state index in [-0.39, 0.29) is 3.42 Å². The van der Waals surface area contributed by atoms with Crippen LogP contribution >= 0.6 is 31.2 Å². The maximum Gasteiger partial charge on any atom is 0.324 e. The molecule has 0 atom stereocenters. The minimum Gasteiger partial charge on any atom is -0.328 e. The van der Waals surface area contributed by atoms with E-state index >= 15 is 0 Å². The SMILES string of the molecule is IC(c1ccccc1)(c1ccccc1)c1ccccc1.OP(O)O. The van der Waals surface area contributed by atoms with Crippen molar-refractivity contribution in [3.63, 3.8) is 0 Å². The van der Waals surface area contributed by atoms with Crippen molar-refractivity contribution in [2.24, 2.45) is 0 Å². The highest BCUT2D eigenvalue weighted by atomic mass is 127. The van der Waals surface area contributed by atoms with Gasteiger partial charge in [0.2, 0.25) is 0 Å². The Morgan fingerprint density at radius 2 is 0.750 bits per heavy atom. The Morgan fingerprint density at radius 1 is 0.542 bits per heavy atom. The molecule has 3 aromatic rings. The van der Waals surface area contributed by atoms with Crippen LogP contribution in [0.4, 0.5) is 0 Å².